The highest BCUT2D eigenvalue weighted by molar-refractivity contribution is 8.00. The number of carbonyl (C=O) groups excluding carboxylic acids is 1. The number of phenolic OH excluding ortho intramolecular Hbond substituents is 1. The molecule has 2 aliphatic carbocycles. The monoisotopic (exact) mass is 1190 g/mol. The minimum Gasteiger partial charge on any atom is -0.508 e. The topological polar surface area (TPSA) is 552 Å². The predicted octanol–water partition coefficient (Wildman–Crippen LogP) is -4.57. The number of aliphatic hydroxyl groups is 4. The number of hydrazine groups is 1. The summed E-state index contributed by atoms with van der Waals surface area (Å²) < 4.78 is 36.8. The summed E-state index contributed by atoms with van der Waals surface area (Å²) in [5, 5.41) is 72.9. The molecule has 27 N–H and O–H groups in total. The highest BCUT2D eigenvalue weighted by Crippen LogP contribution is 2.43. The molecule has 14 atom stereocenters. The number of aliphatic imine (C=N–C) groups is 4. The van der Waals surface area contributed by atoms with Gasteiger partial charge in [0, 0.05) is 58.0 Å². The zero-order valence-electron chi connectivity index (χ0n) is 44.0. The Morgan fingerprint density at radius 1 is 0.720 bits per heavy atom. The molecule has 2 saturated heterocycles. The number of ether oxygens (including phenoxy) is 5. The summed E-state index contributed by atoms with van der Waals surface area (Å²) in [5.41, 5.74) is 49.6. The quantitative estimate of drug-likeness (QED) is 0.00565. The lowest BCUT2D eigenvalue weighted by molar-refractivity contribution is -0.311. The van der Waals surface area contributed by atoms with E-state index in [1.165, 1.54) is 53.9 Å². The van der Waals surface area contributed by atoms with Gasteiger partial charge in [0.1, 0.15) is 53.7 Å². The van der Waals surface area contributed by atoms with Crippen molar-refractivity contribution < 1.29 is 68.3 Å². The number of amides is 1. The van der Waals surface area contributed by atoms with Crippen LogP contribution in [0, 0.1) is 0 Å². The molecule has 5 aliphatic rings. The normalized spacial score (nSPS) is 27.3. The molecular formula is C49H70N16O15S2. The van der Waals surface area contributed by atoms with Crippen LogP contribution in [0.3, 0.4) is 0 Å². The zero-order chi connectivity index (χ0) is 59.4. The van der Waals surface area contributed by atoms with E-state index < -0.39 is 97.5 Å². The average molecular weight is 1190 g/mol. The van der Waals surface area contributed by atoms with E-state index in [1.54, 1.807) is 24.3 Å². The Hall–Kier alpha value is -6.83. The van der Waals surface area contributed by atoms with Gasteiger partial charge in [-0.05, 0) is 48.4 Å². The number of aromatic hydroxyl groups is 1. The van der Waals surface area contributed by atoms with Crippen LogP contribution in [-0.4, -0.2) is 201 Å². The molecule has 31 nitrogen and oxygen atoms in total. The van der Waals surface area contributed by atoms with E-state index in [-0.39, 0.29) is 108 Å². The number of benzene rings is 3. The lowest BCUT2D eigenvalue weighted by Gasteiger charge is -2.48. The number of nitrogens with one attached hydrogen (secondary N) is 3. The number of nitrogens with zero attached hydrogens (tertiary/aromatic N) is 4. The predicted molar refractivity (Wildman–Crippen MR) is 306 cm³/mol. The summed E-state index contributed by atoms with van der Waals surface area (Å²) in [4.78, 5) is 54.6. The first kappa shape index (κ1) is 62.8. The van der Waals surface area contributed by atoms with Crippen molar-refractivity contribution in [3.63, 3.8) is 0 Å². The first-order valence-electron chi connectivity index (χ1n) is 25.5. The van der Waals surface area contributed by atoms with Gasteiger partial charge >= 0.3 is 5.97 Å². The van der Waals surface area contributed by atoms with Crippen molar-refractivity contribution in [1.82, 2.24) is 10.7 Å². The first-order chi connectivity index (χ1) is 39.1. The highest BCUT2D eigenvalue weighted by Gasteiger charge is 2.53. The molecular weight excluding hydrogens is 1120 g/mol. The number of carbonyl (C=O) groups is 2. The first-order valence-corrected chi connectivity index (χ1v) is 27.9. The van der Waals surface area contributed by atoms with Gasteiger partial charge in [-0.2, -0.15) is 11.8 Å². The summed E-state index contributed by atoms with van der Waals surface area (Å²) in [6, 6.07) is 8.77. The maximum absolute atomic E-state index is 13.0. The van der Waals surface area contributed by atoms with Crippen molar-refractivity contribution in [2.24, 2.45) is 71.7 Å². The van der Waals surface area contributed by atoms with Crippen LogP contribution in [0.4, 0.5) is 5.69 Å². The number of thioether (sulfide) groups is 2. The van der Waals surface area contributed by atoms with Crippen molar-refractivity contribution in [2.45, 2.75) is 98.4 Å². The Morgan fingerprint density at radius 2 is 1.37 bits per heavy atom. The number of nitrogens with two attached hydrogens (primary N) is 9. The van der Waals surface area contributed by atoms with Gasteiger partial charge in [-0.25, -0.2) is 25.2 Å². The van der Waals surface area contributed by atoms with Crippen LogP contribution in [0.5, 0.6) is 5.75 Å². The maximum Gasteiger partial charge on any atom is 0.336 e. The van der Waals surface area contributed by atoms with Crippen LogP contribution in [0.1, 0.15) is 23.2 Å². The number of carboxylic acids is 1. The fraction of sp³-hybridized carbons (Fsp3) is 0.490. The molecule has 1 amide bonds. The van der Waals surface area contributed by atoms with E-state index in [1.807, 2.05) is 0 Å². The Bertz CT molecular complexity index is 2980. The van der Waals surface area contributed by atoms with E-state index in [0.29, 0.717) is 33.6 Å². The Labute approximate surface area is 476 Å². The third-order valence-corrected chi connectivity index (χ3v) is 15.3. The number of hydrogen-bond donors (Lipinski definition) is 18. The molecule has 2 aromatic rings. The van der Waals surface area contributed by atoms with Gasteiger partial charge < -0.3 is 110 Å². The Morgan fingerprint density at radius 3 is 2.02 bits per heavy atom. The van der Waals surface area contributed by atoms with Crippen molar-refractivity contribution >= 4 is 75.9 Å². The lowest BCUT2D eigenvalue weighted by atomic mass is 9.83. The average Bonchev–Trinajstić information content (AvgIpc) is 3.46. The molecule has 0 aromatic heterocycles. The number of rotatable bonds is 25. The second-order valence-corrected chi connectivity index (χ2v) is 21.5. The number of phenols is 1. The zero-order valence-corrected chi connectivity index (χ0v) is 45.6. The summed E-state index contributed by atoms with van der Waals surface area (Å²) in [6.07, 6.45) is -13.7. The number of aromatic carboxylic acids is 1. The molecule has 0 radical (unpaired) electrons. The fourth-order valence-electron chi connectivity index (χ4n) is 9.77. The van der Waals surface area contributed by atoms with E-state index in [0.717, 1.165) is 0 Å². The number of anilines is 1. The summed E-state index contributed by atoms with van der Waals surface area (Å²) >= 11 is 2.65. The van der Waals surface area contributed by atoms with Crippen LogP contribution in [0.15, 0.2) is 83.8 Å². The third-order valence-electron chi connectivity index (χ3n) is 13.3. The van der Waals surface area contributed by atoms with Gasteiger partial charge in [-0.3, -0.25) is 25.7 Å². The second-order valence-electron chi connectivity index (χ2n) is 19.2. The molecule has 2 aromatic carbocycles. The van der Waals surface area contributed by atoms with Crippen molar-refractivity contribution in [1.29, 1.82) is 0 Å². The molecule has 448 valence electrons. The second kappa shape index (κ2) is 28.9. The SMILES string of the molecule is NNCNC1C(O)C(CSCCOCCSCC(=O)Nc2ccc(-c3c4ccc(=O)cc-4oc4cc(O)ccc34)c(C(=O)O)c2)OC(OC2C(N=C(N)N)CC(N=C(N)N)C(OC3OC(CN=C(N)N)C(O)CC3N=C(N)N)C2O)C1O. The van der Waals surface area contributed by atoms with Crippen LogP contribution in [0.25, 0.3) is 33.4 Å². The van der Waals surface area contributed by atoms with Gasteiger partial charge in [-0.15, -0.1) is 11.8 Å². The summed E-state index contributed by atoms with van der Waals surface area (Å²) in [5.74, 6) is 3.65. The Kier molecular flexibility index (Phi) is 22.1. The van der Waals surface area contributed by atoms with Crippen molar-refractivity contribution in [3.8, 4) is 28.2 Å². The lowest BCUT2D eigenvalue weighted by Crippen LogP contribution is -2.67. The molecule has 33 heteroatoms. The van der Waals surface area contributed by atoms with E-state index in [4.69, 9.17) is 79.8 Å². The van der Waals surface area contributed by atoms with E-state index in [2.05, 4.69) is 36.0 Å². The number of guanidine groups is 4. The standard InChI is InChI=1S/C49H70N16O15S2/c50-46(51)59-16-33-30(68)15-29(65-49(56)57)44(77-33)79-41-27(63-47(52)53)14-28(64-48(54)55)42(40(41)72)80-45-39(71)37(60-19-61-58)38(70)34(78-45)17-81-9-7-75-8-10-82-18-35(69)62-20-1-4-23(26(11-20)43(73)74)36-24-5-2-21(66)12-31(24)76-32-13-22(67)3-6-25(32)36/h1-6,11-13,27-30,33-34,37-42,44-45,60-61,66,68,70-72H,7-10,14-19,58H2,(H,62,69)(H,73,74)(H4,50,51,59)(H4,52,53,63)(H4,54,55,64)(H4,56,57,65). The van der Waals surface area contributed by atoms with Crippen LogP contribution < -0.4 is 73.2 Å². The fourth-order valence-corrected chi connectivity index (χ4v) is 11.3. The molecule has 14 unspecified atom stereocenters. The van der Waals surface area contributed by atoms with Gasteiger partial charge in [0.15, 0.2) is 41.8 Å². The number of carboxylic acid groups (broad SMARTS) is 1. The van der Waals surface area contributed by atoms with Gasteiger partial charge in [0.25, 0.3) is 0 Å². The van der Waals surface area contributed by atoms with Crippen molar-refractivity contribution in [2.75, 3.05) is 54.8 Å². The molecule has 3 heterocycles. The van der Waals surface area contributed by atoms with Gasteiger partial charge in [0.05, 0.1) is 74.2 Å². The minimum absolute atomic E-state index is 0.0246. The third kappa shape index (κ3) is 16.2. The van der Waals surface area contributed by atoms with E-state index in [9.17, 15) is 45.0 Å². The molecule has 0 bridgehead atoms. The minimum atomic E-state index is -1.72. The van der Waals surface area contributed by atoms with Crippen LogP contribution >= 0.6 is 23.5 Å². The summed E-state index contributed by atoms with van der Waals surface area (Å²) in [7, 11) is 0. The summed E-state index contributed by atoms with van der Waals surface area (Å²) in [6.45, 7) is 0.297. The van der Waals surface area contributed by atoms with E-state index >= 15 is 0 Å². The maximum atomic E-state index is 13.0. The molecule has 3 aliphatic heterocycles. The molecule has 3 fully saturated rings. The number of fused-ring (bicyclic) bond motifs is 2. The largest absolute Gasteiger partial charge is 0.508 e. The molecule has 1 saturated carbocycles. The molecule has 7 rings (SSSR count). The van der Waals surface area contributed by atoms with Crippen LogP contribution in [0.2, 0.25) is 0 Å². The van der Waals surface area contributed by atoms with Gasteiger partial charge in [-0.1, -0.05) is 6.07 Å². The smallest absolute Gasteiger partial charge is 0.336 e. The molecule has 82 heavy (non-hydrogen) atoms. The number of hydrogen-bond acceptors (Lipinski definition) is 23. The van der Waals surface area contributed by atoms with Crippen molar-refractivity contribution in [3.05, 3.63) is 70.4 Å². The molecule has 0 spiro atoms. The Balaban J connectivity index is 0.941. The van der Waals surface area contributed by atoms with Gasteiger partial charge in [0.2, 0.25) is 5.91 Å². The van der Waals surface area contributed by atoms with Crippen LogP contribution in [-0.2, 0) is 28.5 Å². The number of aliphatic hydroxyl groups excluding tert-OH is 4. The highest BCUT2D eigenvalue weighted by atomic mass is 32.2.